The molecular weight excluding hydrogens is 315 g/mol. The third kappa shape index (κ3) is 3.43. The number of rotatable bonds is 5. The van der Waals surface area contributed by atoms with Crippen LogP contribution < -0.4 is 5.73 Å². The maximum atomic E-state index is 13.4. The van der Waals surface area contributed by atoms with Gasteiger partial charge in [-0.15, -0.1) is 0 Å². The van der Waals surface area contributed by atoms with Crippen LogP contribution in [0.25, 0.3) is 11.0 Å². The van der Waals surface area contributed by atoms with Gasteiger partial charge in [0.25, 0.3) is 0 Å². The van der Waals surface area contributed by atoms with Crippen LogP contribution in [0.2, 0.25) is 0 Å². The molecule has 3 aromatic rings. The Balaban J connectivity index is 1.56. The average molecular weight is 338 g/mol. The van der Waals surface area contributed by atoms with Crippen LogP contribution in [0.4, 0.5) is 4.39 Å². The molecular formula is C20H23FN4. The minimum Gasteiger partial charge on any atom is -0.341 e. The minimum atomic E-state index is -0.234. The van der Waals surface area contributed by atoms with Gasteiger partial charge in [0.2, 0.25) is 0 Å². The Kier molecular flexibility index (Phi) is 4.51. The number of hydrogen-bond donors (Lipinski definition) is 2. The van der Waals surface area contributed by atoms with Gasteiger partial charge in [-0.2, -0.15) is 0 Å². The zero-order chi connectivity index (χ0) is 17.2. The summed E-state index contributed by atoms with van der Waals surface area (Å²) in [7, 11) is 0. The van der Waals surface area contributed by atoms with E-state index in [1.165, 1.54) is 23.3 Å². The summed E-state index contributed by atoms with van der Waals surface area (Å²) in [6, 6.07) is 13.6. The molecule has 3 N–H and O–H groups in total. The van der Waals surface area contributed by atoms with E-state index in [1.54, 1.807) is 6.07 Å². The van der Waals surface area contributed by atoms with Gasteiger partial charge in [-0.3, -0.25) is 4.90 Å². The van der Waals surface area contributed by atoms with E-state index < -0.39 is 0 Å². The average Bonchev–Trinajstić information content (AvgIpc) is 3.21. The third-order valence-electron chi connectivity index (χ3n) is 4.95. The Bertz CT molecular complexity index is 873. The number of aromatic nitrogens is 2. The quantitative estimate of drug-likeness (QED) is 0.748. The van der Waals surface area contributed by atoms with E-state index in [9.17, 15) is 4.39 Å². The van der Waals surface area contributed by atoms with Gasteiger partial charge in [0.05, 0.1) is 17.1 Å². The van der Waals surface area contributed by atoms with Crippen LogP contribution in [0.1, 0.15) is 35.8 Å². The lowest BCUT2D eigenvalue weighted by atomic mass is 10.1. The number of benzene rings is 2. The highest BCUT2D eigenvalue weighted by Gasteiger charge is 2.28. The highest BCUT2D eigenvalue weighted by molar-refractivity contribution is 5.75. The lowest BCUT2D eigenvalue weighted by Gasteiger charge is -2.23. The Morgan fingerprint density at radius 3 is 2.96 bits per heavy atom. The molecule has 0 amide bonds. The molecule has 5 heteroatoms. The number of fused-ring (bicyclic) bond motifs is 1. The Hall–Kier alpha value is -2.24. The smallest absolute Gasteiger partial charge is 0.125 e. The van der Waals surface area contributed by atoms with Crippen LogP contribution in [0.5, 0.6) is 0 Å². The van der Waals surface area contributed by atoms with Crippen LogP contribution in [-0.4, -0.2) is 28.0 Å². The van der Waals surface area contributed by atoms with Gasteiger partial charge in [0.15, 0.2) is 0 Å². The molecule has 1 aliphatic heterocycles. The van der Waals surface area contributed by atoms with E-state index in [2.05, 4.69) is 34.1 Å². The second-order valence-electron chi connectivity index (χ2n) is 6.77. The minimum absolute atomic E-state index is 0.234. The summed E-state index contributed by atoms with van der Waals surface area (Å²) in [6.45, 7) is 2.62. The third-order valence-corrected chi connectivity index (χ3v) is 4.95. The van der Waals surface area contributed by atoms with Gasteiger partial charge < -0.3 is 10.7 Å². The fourth-order valence-corrected chi connectivity index (χ4v) is 3.77. The highest BCUT2D eigenvalue weighted by Crippen LogP contribution is 2.32. The maximum absolute atomic E-state index is 13.4. The van der Waals surface area contributed by atoms with Crippen molar-refractivity contribution in [2.75, 3.05) is 13.1 Å². The van der Waals surface area contributed by atoms with Crippen molar-refractivity contribution in [3.63, 3.8) is 0 Å². The predicted octanol–water partition coefficient (Wildman–Crippen LogP) is 3.54. The SMILES string of the molecule is NCCc1cccc(CN2CCC[C@@H]2c2nc3ccc(F)cc3[nH]2)c1. The lowest BCUT2D eigenvalue weighted by Crippen LogP contribution is -2.23. The van der Waals surface area contributed by atoms with Gasteiger partial charge in [0, 0.05) is 6.54 Å². The van der Waals surface area contributed by atoms with Gasteiger partial charge in [-0.1, -0.05) is 24.3 Å². The highest BCUT2D eigenvalue weighted by atomic mass is 19.1. The predicted molar refractivity (Wildman–Crippen MR) is 97.6 cm³/mol. The first-order valence-corrected chi connectivity index (χ1v) is 8.90. The van der Waals surface area contributed by atoms with Crippen LogP contribution in [0.15, 0.2) is 42.5 Å². The van der Waals surface area contributed by atoms with Gasteiger partial charge in [-0.25, -0.2) is 9.37 Å². The molecule has 1 fully saturated rings. The number of nitrogens with zero attached hydrogens (tertiary/aromatic N) is 2. The number of likely N-dealkylation sites (tertiary alicyclic amines) is 1. The van der Waals surface area contributed by atoms with Gasteiger partial charge in [-0.05, 0) is 61.7 Å². The summed E-state index contributed by atoms with van der Waals surface area (Å²) in [4.78, 5) is 10.5. The fourth-order valence-electron chi connectivity index (χ4n) is 3.77. The molecule has 0 radical (unpaired) electrons. The zero-order valence-electron chi connectivity index (χ0n) is 14.2. The molecule has 1 aliphatic rings. The van der Waals surface area contributed by atoms with Crippen molar-refractivity contribution in [3.05, 3.63) is 65.2 Å². The van der Waals surface area contributed by atoms with Crippen LogP contribution in [0, 0.1) is 5.82 Å². The largest absolute Gasteiger partial charge is 0.341 e. The van der Waals surface area contributed by atoms with Crippen LogP contribution in [0.3, 0.4) is 0 Å². The molecule has 25 heavy (non-hydrogen) atoms. The van der Waals surface area contributed by atoms with Crippen LogP contribution >= 0.6 is 0 Å². The molecule has 1 atom stereocenters. The second kappa shape index (κ2) is 6.94. The first kappa shape index (κ1) is 16.2. The molecule has 130 valence electrons. The number of nitrogens with two attached hydrogens (primary N) is 1. The molecule has 4 nitrogen and oxygen atoms in total. The van der Waals surface area contributed by atoms with E-state index in [0.717, 1.165) is 49.2 Å². The topological polar surface area (TPSA) is 57.9 Å². The number of hydrogen-bond acceptors (Lipinski definition) is 3. The molecule has 4 rings (SSSR count). The van der Waals surface area contributed by atoms with Crippen LogP contribution in [-0.2, 0) is 13.0 Å². The van der Waals surface area contributed by atoms with E-state index in [0.29, 0.717) is 6.54 Å². The van der Waals surface area contributed by atoms with Crippen molar-refractivity contribution < 1.29 is 4.39 Å². The number of H-pyrrole nitrogens is 1. The summed E-state index contributed by atoms with van der Waals surface area (Å²) in [5.74, 6) is 0.707. The molecule has 2 heterocycles. The Labute approximate surface area is 146 Å². The number of halogens is 1. The molecule has 0 bridgehead atoms. The second-order valence-corrected chi connectivity index (χ2v) is 6.77. The monoisotopic (exact) mass is 338 g/mol. The molecule has 0 saturated carbocycles. The number of nitrogens with one attached hydrogen (secondary N) is 1. The van der Waals surface area contributed by atoms with E-state index in [-0.39, 0.29) is 11.9 Å². The van der Waals surface area contributed by atoms with Crippen molar-refractivity contribution >= 4 is 11.0 Å². The number of imidazole rings is 1. The maximum Gasteiger partial charge on any atom is 0.125 e. The van der Waals surface area contributed by atoms with E-state index in [4.69, 9.17) is 10.7 Å². The summed E-state index contributed by atoms with van der Waals surface area (Å²) in [5, 5.41) is 0. The molecule has 0 spiro atoms. The molecule has 1 aromatic heterocycles. The molecule has 0 aliphatic carbocycles. The Morgan fingerprint density at radius 2 is 2.08 bits per heavy atom. The number of aromatic amines is 1. The van der Waals surface area contributed by atoms with E-state index >= 15 is 0 Å². The fraction of sp³-hybridized carbons (Fsp3) is 0.350. The zero-order valence-corrected chi connectivity index (χ0v) is 14.2. The first-order chi connectivity index (χ1) is 12.2. The van der Waals surface area contributed by atoms with Gasteiger partial charge in [0.1, 0.15) is 11.6 Å². The van der Waals surface area contributed by atoms with Crippen molar-refractivity contribution in [3.8, 4) is 0 Å². The van der Waals surface area contributed by atoms with Gasteiger partial charge >= 0.3 is 0 Å². The Morgan fingerprint density at radius 1 is 1.20 bits per heavy atom. The van der Waals surface area contributed by atoms with E-state index in [1.807, 2.05) is 0 Å². The molecule has 1 saturated heterocycles. The summed E-state index contributed by atoms with van der Waals surface area (Å²) in [6.07, 6.45) is 3.13. The summed E-state index contributed by atoms with van der Waals surface area (Å²) < 4.78 is 13.4. The normalized spacial score (nSPS) is 18.2. The van der Waals surface area contributed by atoms with Crippen molar-refractivity contribution in [1.82, 2.24) is 14.9 Å². The van der Waals surface area contributed by atoms with Crippen molar-refractivity contribution in [1.29, 1.82) is 0 Å². The summed E-state index contributed by atoms with van der Waals surface area (Å²) >= 11 is 0. The lowest BCUT2D eigenvalue weighted by molar-refractivity contribution is 0.241. The van der Waals surface area contributed by atoms with Crippen molar-refractivity contribution in [2.24, 2.45) is 5.73 Å². The van der Waals surface area contributed by atoms with Crippen molar-refractivity contribution in [2.45, 2.75) is 31.8 Å². The first-order valence-electron chi connectivity index (χ1n) is 8.90. The molecule has 0 unspecified atom stereocenters. The summed E-state index contributed by atoms with van der Waals surface area (Å²) in [5.41, 5.74) is 9.86. The standard InChI is InChI=1S/C20H23FN4/c21-16-6-7-17-18(12-16)24-20(23-17)19-5-2-10-25(19)13-15-4-1-3-14(11-15)8-9-22/h1,3-4,6-7,11-12,19H,2,5,8-10,13,22H2,(H,23,24)/t19-/m1/s1. The molecule has 2 aromatic carbocycles.